The molecule has 0 saturated heterocycles. The zero-order valence-electron chi connectivity index (χ0n) is 10.3. The second kappa shape index (κ2) is 5.47. The largest absolute Gasteiger partial charge is 0.325 e. The van der Waals surface area contributed by atoms with E-state index in [2.05, 4.69) is 9.97 Å². The first-order valence-corrected chi connectivity index (χ1v) is 8.17. The third-order valence-corrected chi connectivity index (χ3v) is 5.50. The summed E-state index contributed by atoms with van der Waals surface area (Å²) in [5, 5.41) is 4.11. The number of hydrogen-bond donors (Lipinski definition) is 1. The summed E-state index contributed by atoms with van der Waals surface area (Å²) in [5.41, 5.74) is 6.85. The molecule has 3 rings (SSSR count). The fraction of sp³-hybridized carbons (Fsp3) is 0.538. The van der Waals surface area contributed by atoms with Crippen LogP contribution >= 0.6 is 22.7 Å². The third-order valence-electron chi connectivity index (χ3n) is 3.48. The van der Waals surface area contributed by atoms with Crippen molar-refractivity contribution in [3.63, 3.8) is 0 Å². The third kappa shape index (κ3) is 2.35. The molecule has 2 aromatic heterocycles. The summed E-state index contributed by atoms with van der Waals surface area (Å²) in [7, 11) is 0. The van der Waals surface area contributed by atoms with Crippen LogP contribution in [0.3, 0.4) is 0 Å². The van der Waals surface area contributed by atoms with Gasteiger partial charge in [-0.05, 0) is 18.8 Å². The Morgan fingerprint density at radius 2 is 2.11 bits per heavy atom. The standard InChI is InChI=1S/C13H17N3S2/c14-8-10-16-11(13-15-6-7-17-13)12(18-10)9-4-2-1-3-5-9/h6-7,9H,1-5,8,14H2. The Kier molecular flexibility index (Phi) is 3.72. The predicted molar refractivity (Wildman–Crippen MR) is 76.9 cm³/mol. The molecule has 1 fully saturated rings. The quantitative estimate of drug-likeness (QED) is 0.930. The number of rotatable bonds is 3. The molecule has 1 saturated carbocycles. The van der Waals surface area contributed by atoms with Gasteiger partial charge in [-0.25, -0.2) is 9.97 Å². The fourth-order valence-electron chi connectivity index (χ4n) is 2.60. The molecule has 0 aromatic carbocycles. The van der Waals surface area contributed by atoms with Crippen molar-refractivity contribution in [3.8, 4) is 10.7 Å². The second-order valence-corrected chi connectivity index (χ2v) is 6.71. The van der Waals surface area contributed by atoms with E-state index < -0.39 is 0 Å². The molecule has 0 amide bonds. The number of nitrogens with zero attached hydrogens (tertiary/aromatic N) is 2. The molecule has 3 nitrogen and oxygen atoms in total. The summed E-state index contributed by atoms with van der Waals surface area (Å²) in [6, 6.07) is 0. The lowest BCUT2D eigenvalue weighted by molar-refractivity contribution is 0.448. The van der Waals surface area contributed by atoms with Crippen LogP contribution in [-0.2, 0) is 6.54 Å². The van der Waals surface area contributed by atoms with E-state index in [4.69, 9.17) is 5.73 Å². The molecular weight excluding hydrogens is 262 g/mol. The molecule has 0 radical (unpaired) electrons. The lowest BCUT2D eigenvalue weighted by atomic mass is 9.87. The molecule has 2 aromatic rings. The van der Waals surface area contributed by atoms with Crippen molar-refractivity contribution in [1.82, 2.24) is 9.97 Å². The van der Waals surface area contributed by atoms with Gasteiger partial charge >= 0.3 is 0 Å². The Balaban J connectivity index is 1.98. The maximum Gasteiger partial charge on any atom is 0.142 e. The molecule has 18 heavy (non-hydrogen) atoms. The van der Waals surface area contributed by atoms with Crippen molar-refractivity contribution in [1.29, 1.82) is 0 Å². The van der Waals surface area contributed by atoms with E-state index in [9.17, 15) is 0 Å². The highest BCUT2D eigenvalue weighted by atomic mass is 32.1. The molecule has 0 aliphatic heterocycles. The Morgan fingerprint density at radius 3 is 2.78 bits per heavy atom. The van der Waals surface area contributed by atoms with Crippen LogP contribution in [0.4, 0.5) is 0 Å². The highest BCUT2D eigenvalue weighted by Crippen LogP contribution is 2.41. The summed E-state index contributed by atoms with van der Waals surface area (Å²) < 4.78 is 0. The van der Waals surface area contributed by atoms with E-state index in [1.54, 1.807) is 22.7 Å². The lowest BCUT2D eigenvalue weighted by Gasteiger charge is -2.20. The van der Waals surface area contributed by atoms with Crippen LogP contribution in [0.15, 0.2) is 11.6 Å². The van der Waals surface area contributed by atoms with Crippen molar-refractivity contribution in [2.75, 3.05) is 0 Å². The molecule has 0 spiro atoms. The van der Waals surface area contributed by atoms with Crippen molar-refractivity contribution in [2.24, 2.45) is 5.73 Å². The minimum Gasteiger partial charge on any atom is -0.325 e. The first kappa shape index (κ1) is 12.3. The first-order valence-electron chi connectivity index (χ1n) is 6.48. The number of thiazole rings is 2. The molecule has 0 bridgehead atoms. The zero-order valence-corrected chi connectivity index (χ0v) is 11.9. The van der Waals surface area contributed by atoms with Crippen LogP contribution in [-0.4, -0.2) is 9.97 Å². The van der Waals surface area contributed by atoms with Gasteiger partial charge in [0.15, 0.2) is 0 Å². The van der Waals surface area contributed by atoms with Gasteiger partial charge in [0.25, 0.3) is 0 Å². The molecule has 96 valence electrons. The number of hydrogen-bond acceptors (Lipinski definition) is 5. The molecule has 2 heterocycles. The predicted octanol–water partition coefficient (Wildman–Crippen LogP) is 3.77. The fourth-order valence-corrected chi connectivity index (χ4v) is 4.42. The Labute approximate surface area is 115 Å². The van der Waals surface area contributed by atoms with Crippen molar-refractivity contribution >= 4 is 22.7 Å². The van der Waals surface area contributed by atoms with Gasteiger partial charge in [0.2, 0.25) is 0 Å². The summed E-state index contributed by atoms with van der Waals surface area (Å²) >= 11 is 3.47. The average Bonchev–Trinajstić information content (AvgIpc) is 3.08. The minimum absolute atomic E-state index is 0.537. The van der Waals surface area contributed by atoms with Gasteiger partial charge in [-0.3, -0.25) is 0 Å². The van der Waals surface area contributed by atoms with Gasteiger partial charge < -0.3 is 5.73 Å². The van der Waals surface area contributed by atoms with Gasteiger partial charge in [0, 0.05) is 23.0 Å². The summed E-state index contributed by atoms with van der Waals surface area (Å²) in [4.78, 5) is 10.5. The van der Waals surface area contributed by atoms with Crippen LogP contribution < -0.4 is 5.73 Å². The lowest BCUT2D eigenvalue weighted by Crippen LogP contribution is -2.03. The maximum absolute atomic E-state index is 5.75. The Bertz CT molecular complexity index is 498. The van der Waals surface area contributed by atoms with Crippen LogP contribution in [0.5, 0.6) is 0 Å². The van der Waals surface area contributed by atoms with E-state index in [1.165, 1.54) is 37.0 Å². The molecule has 1 aliphatic rings. The second-order valence-electron chi connectivity index (χ2n) is 4.70. The highest BCUT2D eigenvalue weighted by Gasteiger charge is 2.24. The summed E-state index contributed by atoms with van der Waals surface area (Å²) in [6.07, 6.45) is 8.52. The van der Waals surface area contributed by atoms with E-state index in [0.29, 0.717) is 12.5 Å². The van der Waals surface area contributed by atoms with Crippen molar-refractivity contribution in [3.05, 3.63) is 21.5 Å². The monoisotopic (exact) mass is 279 g/mol. The molecule has 2 N–H and O–H groups in total. The number of nitrogens with two attached hydrogens (primary N) is 1. The van der Waals surface area contributed by atoms with E-state index in [0.717, 1.165) is 15.7 Å². The average molecular weight is 279 g/mol. The summed E-state index contributed by atoms with van der Waals surface area (Å²) in [5.74, 6) is 0.676. The highest BCUT2D eigenvalue weighted by molar-refractivity contribution is 7.14. The van der Waals surface area contributed by atoms with Gasteiger partial charge in [-0.15, -0.1) is 22.7 Å². The topological polar surface area (TPSA) is 51.8 Å². The molecule has 5 heteroatoms. The summed E-state index contributed by atoms with van der Waals surface area (Å²) in [6.45, 7) is 0.537. The minimum atomic E-state index is 0.537. The van der Waals surface area contributed by atoms with Crippen molar-refractivity contribution in [2.45, 2.75) is 44.6 Å². The first-order chi connectivity index (χ1) is 8.88. The molecule has 1 aliphatic carbocycles. The van der Waals surface area contributed by atoms with Gasteiger partial charge in [-0.2, -0.15) is 0 Å². The van der Waals surface area contributed by atoms with Crippen LogP contribution in [0.25, 0.3) is 10.7 Å². The molecular formula is C13H17N3S2. The van der Waals surface area contributed by atoms with Crippen LogP contribution in [0.2, 0.25) is 0 Å². The normalized spacial score (nSPS) is 17.2. The smallest absolute Gasteiger partial charge is 0.142 e. The van der Waals surface area contributed by atoms with Crippen LogP contribution in [0, 0.1) is 0 Å². The number of aromatic nitrogens is 2. The van der Waals surface area contributed by atoms with E-state index >= 15 is 0 Å². The molecule has 0 atom stereocenters. The van der Waals surface area contributed by atoms with E-state index in [-0.39, 0.29) is 0 Å². The van der Waals surface area contributed by atoms with E-state index in [1.807, 2.05) is 11.6 Å². The van der Waals surface area contributed by atoms with Crippen molar-refractivity contribution < 1.29 is 0 Å². The Hall–Kier alpha value is -0.780. The Morgan fingerprint density at radius 1 is 1.28 bits per heavy atom. The zero-order chi connectivity index (χ0) is 12.4. The molecule has 0 unspecified atom stereocenters. The van der Waals surface area contributed by atoms with Gasteiger partial charge in [-0.1, -0.05) is 19.3 Å². The maximum atomic E-state index is 5.75. The van der Waals surface area contributed by atoms with Crippen LogP contribution in [0.1, 0.15) is 47.9 Å². The van der Waals surface area contributed by atoms with Gasteiger partial charge in [0.1, 0.15) is 15.7 Å². The van der Waals surface area contributed by atoms with Gasteiger partial charge in [0.05, 0.1) is 0 Å². The SMILES string of the molecule is NCc1nc(-c2nccs2)c(C2CCCCC2)s1.